The van der Waals surface area contributed by atoms with E-state index < -0.39 is 0 Å². The van der Waals surface area contributed by atoms with E-state index in [0.29, 0.717) is 18.4 Å². The summed E-state index contributed by atoms with van der Waals surface area (Å²) in [5.41, 5.74) is 0.888. The molecular formula is C14H29ClN2O. The molecule has 18 heavy (non-hydrogen) atoms. The van der Waals surface area contributed by atoms with Crippen molar-refractivity contribution >= 4 is 18.1 Å². The van der Waals surface area contributed by atoms with Crippen LogP contribution in [0.3, 0.4) is 0 Å². The van der Waals surface area contributed by atoms with Gasteiger partial charge in [0.2, 0.25) is 0 Å². The van der Waals surface area contributed by atoms with Crippen LogP contribution in [0.4, 0.5) is 0 Å². The van der Waals surface area contributed by atoms with E-state index in [1.54, 1.807) is 0 Å². The van der Waals surface area contributed by atoms with E-state index in [-0.39, 0.29) is 12.4 Å². The van der Waals surface area contributed by atoms with Gasteiger partial charge in [-0.15, -0.1) is 12.4 Å². The summed E-state index contributed by atoms with van der Waals surface area (Å²) >= 11 is 0. The van der Waals surface area contributed by atoms with E-state index in [9.17, 15) is 0 Å². The lowest BCUT2D eigenvalue weighted by atomic mass is 9.93. The quantitative estimate of drug-likeness (QED) is 0.703. The van der Waals surface area contributed by atoms with Gasteiger partial charge in [0.1, 0.15) is 0 Å². The number of rotatable bonds is 7. The lowest BCUT2D eigenvalue weighted by Gasteiger charge is -2.31. The molecule has 0 saturated carbocycles. The van der Waals surface area contributed by atoms with Crippen molar-refractivity contribution in [3.63, 3.8) is 0 Å². The first-order valence-corrected chi connectivity index (χ1v) is 7.01. The molecule has 1 aliphatic rings. The summed E-state index contributed by atoms with van der Waals surface area (Å²) in [4.78, 5) is 2.40. The minimum atomic E-state index is 0. The average Bonchev–Trinajstić information content (AvgIpc) is 2.29. The Balaban J connectivity index is 0.00000289. The van der Waals surface area contributed by atoms with Gasteiger partial charge >= 0.3 is 0 Å². The van der Waals surface area contributed by atoms with Crippen LogP contribution in [0.1, 0.15) is 46.0 Å². The predicted molar refractivity (Wildman–Crippen MR) is 79.9 cm³/mol. The van der Waals surface area contributed by atoms with Crippen molar-refractivity contribution in [1.82, 2.24) is 4.90 Å². The van der Waals surface area contributed by atoms with Gasteiger partial charge in [-0.2, -0.15) is 0 Å². The fourth-order valence-electron chi connectivity index (χ4n) is 2.43. The summed E-state index contributed by atoms with van der Waals surface area (Å²) in [7, 11) is 0. The van der Waals surface area contributed by atoms with Gasteiger partial charge in [0.25, 0.3) is 0 Å². The Morgan fingerprint density at radius 1 is 1.33 bits per heavy atom. The van der Waals surface area contributed by atoms with Crippen LogP contribution < -0.4 is 0 Å². The molecule has 0 aromatic heterocycles. The number of likely N-dealkylation sites (tertiary alicyclic amines) is 1. The molecule has 1 rings (SSSR count). The number of halogens is 1. The van der Waals surface area contributed by atoms with Gasteiger partial charge in [-0.3, -0.25) is 4.90 Å². The Kier molecular flexibility index (Phi) is 9.70. The number of aliphatic hydroxyl groups excluding tert-OH is 1. The van der Waals surface area contributed by atoms with E-state index >= 15 is 0 Å². The number of hydrogen-bond acceptors (Lipinski definition) is 3. The second kappa shape index (κ2) is 9.76. The highest BCUT2D eigenvalue weighted by atomic mass is 35.5. The molecule has 1 aliphatic heterocycles. The van der Waals surface area contributed by atoms with Crippen molar-refractivity contribution in [2.45, 2.75) is 46.0 Å². The summed E-state index contributed by atoms with van der Waals surface area (Å²) in [5.74, 6) is 1.41. The molecule has 3 nitrogen and oxygen atoms in total. The first kappa shape index (κ1) is 17.9. The Morgan fingerprint density at radius 3 is 2.44 bits per heavy atom. The molecule has 0 unspecified atom stereocenters. The summed E-state index contributed by atoms with van der Waals surface area (Å²) in [5, 5.41) is 16.9. The van der Waals surface area contributed by atoms with E-state index in [4.69, 9.17) is 10.5 Å². The highest BCUT2D eigenvalue weighted by Gasteiger charge is 2.19. The number of piperidine rings is 1. The summed E-state index contributed by atoms with van der Waals surface area (Å²) in [6.45, 7) is 7.83. The van der Waals surface area contributed by atoms with Crippen LogP contribution in [0.15, 0.2) is 0 Å². The molecule has 1 fully saturated rings. The zero-order chi connectivity index (χ0) is 12.7. The molecule has 0 aromatic carbocycles. The fourth-order valence-corrected chi connectivity index (χ4v) is 2.43. The lowest BCUT2D eigenvalue weighted by Crippen LogP contribution is -2.37. The Hall–Kier alpha value is -0.120. The number of nitrogens with zero attached hydrogens (tertiary/aromatic N) is 1. The van der Waals surface area contributed by atoms with Crippen LogP contribution >= 0.6 is 12.4 Å². The summed E-state index contributed by atoms with van der Waals surface area (Å²) in [6, 6.07) is 0. The van der Waals surface area contributed by atoms with E-state index in [2.05, 4.69) is 18.7 Å². The third-order valence-corrected chi connectivity index (χ3v) is 3.68. The zero-order valence-corrected chi connectivity index (χ0v) is 12.6. The van der Waals surface area contributed by atoms with Crippen molar-refractivity contribution < 1.29 is 5.11 Å². The zero-order valence-electron chi connectivity index (χ0n) is 11.8. The van der Waals surface area contributed by atoms with Crippen LogP contribution in [0, 0.1) is 17.2 Å². The highest BCUT2D eigenvalue weighted by Crippen LogP contribution is 2.20. The van der Waals surface area contributed by atoms with Gasteiger partial charge in [-0.1, -0.05) is 13.8 Å². The van der Waals surface area contributed by atoms with Crippen LogP contribution in [-0.2, 0) is 0 Å². The topological polar surface area (TPSA) is 47.3 Å². The van der Waals surface area contributed by atoms with E-state index in [1.807, 2.05) is 0 Å². The van der Waals surface area contributed by atoms with Crippen LogP contribution in [0.2, 0.25) is 0 Å². The maximum absolute atomic E-state index is 8.90. The largest absolute Gasteiger partial charge is 0.396 e. The second-order valence-electron chi connectivity index (χ2n) is 5.77. The molecule has 0 radical (unpaired) electrons. The second-order valence-corrected chi connectivity index (χ2v) is 5.77. The molecule has 0 amide bonds. The number of nitrogens with one attached hydrogen (secondary N) is 1. The predicted octanol–water partition coefficient (Wildman–Crippen LogP) is 2.96. The maximum Gasteiger partial charge on any atom is 0.0433 e. The van der Waals surface area contributed by atoms with Crippen LogP contribution in [0.25, 0.3) is 0 Å². The Morgan fingerprint density at radius 2 is 1.94 bits per heavy atom. The molecule has 0 atom stereocenters. The van der Waals surface area contributed by atoms with Crippen LogP contribution in [0.5, 0.6) is 0 Å². The third kappa shape index (κ3) is 7.34. The van der Waals surface area contributed by atoms with Gasteiger partial charge in [0.05, 0.1) is 0 Å². The normalized spacial score (nSPS) is 17.8. The molecule has 1 saturated heterocycles. The van der Waals surface area contributed by atoms with Crippen molar-refractivity contribution in [3.8, 4) is 0 Å². The minimum absolute atomic E-state index is 0. The van der Waals surface area contributed by atoms with E-state index in [1.165, 1.54) is 12.8 Å². The Bertz CT molecular complexity index is 226. The standard InChI is InChI=1S/C14H28N2O.ClH/c1-12(2)3-4-14(15)11-16-8-5-13(6-9-16)7-10-17;/h12-13,15,17H,3-11H2,1-2H3;1H. The number of aliphatic hydroxyl groups is 1. The first-order chi connectivity index (χ1) is 8.11. The van der Waals surface area contributed by atoms with Gasteiger partial charge in [0, 0.05) is 18.9 Å². The van der Waals surface area contributed by atoms with Gasteiger partial charge < -0.3 is 10.5 Å². The maximum atomic E-state index is 8.90. The molecule has 108 valence electrons. The smallest absolute Gasteiger partial charge is 0.0433 e. The first-order valence-electron chi connectivity index (χ1n) is 7.01. The summed E-state index contributed by atoms with van der Waals surface area (Å²) < 4.78 is 0. The van der Waals surface area contributed by atoms with Crippen molar-refractivity contribution in [2.75, 3.05) is 26.2 Å². The molecule has 0 spiro atoms. The molecule has 4 heteroatoms. The highest BCUT2D eigenvalue weighted by molar-refractivity contribution is 5.85. The minimum Gasteiger partial charge on any atom is -0.396 e. The Labute approximate surface area is 118 Å². The number of hydrogen-bond donors (Lipinski definition) is 2. The molecule has 1 heterocycles. The average molecular weight is 277 g/mol. The monoisotopic (exact) mass is 276 g/mol. The third-order valence-electron chi connectivity index (χ3n) is 3.68. The SMILES string of the molecule is CC(C)CCC(=N)CN1CCC(CCO)CC1.Cl. The molecule has 0 aliphatic carbocycles. The van der Waals surface area contributed by atoms with Crippen molar-refractivity contribution in [1.29, 1.82) is 5.41 Å². The van der Waals surface area contributed by atoms with Crippen LogP contribution in [-0.4, -0.2) is 42.0 Å². The lowest BCUT2D eigenvalue weighted by molar-refractivity contribution is 0.172. The van der Waals surface area contributed by atoms with Crippen molar-refractivity contribution in [2.24, 2.45) is 11.8 Å². The molecular weight excluding hydrogens is 248 g/mol. The van der Waals surface area contributed by atoms with Gasteiger partial charge in [0.15, 0.2) is 0 Å². The van der Waals surface area contributed by atoms with Crippen molar-refractivity contribution in [3.05, 3.63) is 0 Å². The fraction of sp³-hybridized carbons (Fsp3) is 0.929. The molecule has 2 N–H and O–H groups in total. The van der Waals surface area contributed by atoms with E-state index in [0.717, 1.165) is 44.6 Å². The van der Waals surface area contributed by atoms with Gasteiger partial charge in [-0.25, -0.2) is 0 Å². The van der Waals surface area contributed by atoms with Gasteiger partial charge in [-0.05, 0) is 57.0 Å². The molecule has 0 bridgehead atoms. The summed E-state index contributed by atoms with van der Waals surface area (Å²) in [6.07, 6.45) is 5.43. The molecule has 0 aromatic rings.